The first kappa shape index (κ1) is 10.7. The predicted octanol–water partition coefficient (Wildman–Crippen LogP) is 2.54. The minimum Gasteiger partial charge on any atom is -0.454 e. The average Bonchev–Trinajstić information content (AvgIpc) is 2.91. The van der Waals surface area contributed by atoms with Gasteiger partial charge in [0.25, 0.3) is 5.91 Å². The van der Waals surface area contributed by atoms with E-state index in [0.717, 1.165) is 16.8 Å². The first-order chi connectivity index (χ1) is 8.66. The van der Waals surface area contributed by atoms with Crippen LogP contribution in [-0.2, 0) is 7.05 Å². The Morgan fingerprint density at radius 1 is 1.22 bits per heavy atom. The molecule has 0 saturated heterocycles. The summed E-state index contributed by atoms with van der Waals surface area (Å²) in [7, 11) is 1.80. The summed E-state index contributed by atoms with van der Waals surface area (Å²) in [5, 5.41) is 0. The van der Waals surface area contributed by atoms with Gasteiger partial charge in [0.1, 0.15) is 11.5 Å². The molecule has 0 aliphatic heterocycles. The Balaban J connectivity index is 2.17. The number of primary amides is 1. The number of rotatable bonds is 2. The van der Waals surface area contributed by atoms with Crippen molar-refractivity contribution in [3.8, 4) is 11.3 Å². The third-order valence-corrected chi connectivity index (χ3v) is 3.04. The number of aromatic nitrogens is 1. The second-order valence-corrected chi connectivity index (χ2v) is 4.18. The number of fused-ring (bicyclic) bond motifs is 1. The topological polar surface area (TPSA) is 61.2 Å². The number of hydrogen-bond donors (Lipinski definition) is 1. The minimum absolute atomic E-state index is 0.448. The third kappa shape index (κ3) is 1.50. The molecule has 2 heterocycles. The summed E-state index contributed by atoms with van der Waals surface area (Å²) in [5.74, 6) is 0.331. The Bertz CT molecular complexity index is 723. The number of furan rings is 1. The number of aryl methyl sites for hydroxylation is 1. The maximum Gasteiger partial charge on any atom is 0.265 e. The smallest absolute Gasteiger partial charge is 0.265 e. The summed E-state index contributed by atoms with van der Waals surface area (Å²) in [6.07, 6.45) is 0. The molecule has 0 bridgehead atoms. The van der Waals surface area contributed by atoms with Crippen molar-refractivity contribution in [2.24, 2.45) is 12.8 Å². The molecule has 90 valence electrons. The zero-order chi connectivity index (χ0) is 12.7. The molecule has 18 heavy (non-hydrogen) atoms. The molecule has 2 N–H and O–H groups in total. The summed E-state index contributed by atoms with van der Waals surface area (Å²) in [5.41, 5.74) is 8.28. The number of carbonyl (C=O) groups is 1. The normalized spacial score (nSPS) is 10.9. The lowest BCUT2D eigenvalue weighted by atomic mass is 10.2. The van der Waals surface area contributed by atoms with E-state index in [9.17, 15) is 4.79 Å². The van der Waals surface area contributed by atoms with Crippen molar-refractivity contribution in [1.82, 2.24) is 4.57 Å². The van der Waals surface area contributed by atoms with Gasteiger partial charge in [-0.3, -0.25) is 4.79 Å². The van der Waals surface area contributed by atoms with E-state index < -0.39 is 5.91 Å². The quantitative estimate of drug-likeness (QED) is 0.748. The number of nitrogens with zero attached hydrogens (tertiary/aromatic N) is 1. The lowest BCUT2D eigenvalue weighted by Crippen LogP contribution is -2.14. The molecule has 4 nitrogen and oxygen atoms in total. The maximum absolute atomic E-state index is 11.2. The van der Waals surface area contributed by atoms with Crippen LogP contribution in [0.3, 0.4) is 0 Å². The van der Waals surface area contributed by atoms with Gasteiger partial charge in [-0.2, -0.15) is 0 Å². The molecular formula is C14H12N2O2. The molecule has 0 saturated carbocycles. The number of carbonyl (C=O) groups excluding carboxylic acids is 1. The maximum atomic E-state index is 11.2. The van der Waals surface area contributed by atoms with E-state index in [1.807, 2.05) is 36.4 Å². The van der Waals surface area contributed by atoms with Gasteiger partial charge in [0.2, 0.25) is 0 Å². The average molecular weight is 240 g/mol. The molecule has 3 aromatic rings. The second kappa shape index (κ2) is 3.77. The molecule has 3 rings (SSSR count). The van der Waals surface area contributed by atoms with Gasteiger partial charge in [-0.25, -0.2) is 0 Å². The van der Waals surface area contributed by atoms with Crippen LogP contribution in [0.4, 0.5) is 0 Å². The highest BCUT2D eigenvalue weighted by molar-refractivity contribution is 5.97. The van der Waals surface area contributed by atoms with Gasteiger partial charge in [-0.05, 0) is 0 Å². The molecule has 2 aromatic heterocycles. The largest absolute Gasteiger partial charge is 0.454 e. The molecule has 0 spiro atoms. The van der Waals surface area contributed by atoms with E-state index in [2.05, 4.69) is 0 Å². The summed E-state index contributed by atoms with van der Waals surface area (Å²) in [4.78, 5) is 11.2. The van der Waals surface area contributed by atoms with Gasteiger partial charge in [-0.1, -0.05) is 30.3 Å². The molecule has 0 fully saturated rings. The van der Waals surface area contributed by atoms with E-state index in [-0.39, 0.29) is 0 Å². The fourth-order valence-electron chi connectivity index (χ4n) is 2.09. The Kier molecular flexibility index (Phi) is 2.23. The highest BCUT2D eigenvalue weighted by Crippen LogP contribution is 2.29. The Morgan fingerprint density at radius 3 is 2.56 bits per heavy atom. The van der Waals surface area contributed by atoms with Crippen LogP contribution in [0.1, 0.15) is 10.5 Å². The van der Waals surface area contributed by atoms with Crippen molar-refractivity contribution in [2.75, 3.05) is 0 Å². The number of amides is 1. The minimum atomic E-state index is -0.454. The van der Waals surface area contributed by atoms with Crippen molar-refractivity contribution >= 4 is 17.0 Å². The van der Waals surface area contributed by atoms with E-state index in [1.54, 1.807) is 17.7 Å². The summed E-state index contributed by atoms with van der Waals surface area (Å²) in [6, 6.07) is 13.4. The van der Waals surface area contributed by atoms with E-state index in [4.69, 9.17) is 10.2 Å². The van der Waals surface area contributed by atoms with E-state index in [1.165, 1.54) is 0 Å². The molecule has 0 atom stereocenters. The lowest BCUT2D eigenvalue weighted by molar-refractivity contribution is 0.0993. The van der Waals surface area contributed by atoms with Crippen LogP contribution in [0, 0.1) is 0 Å². The molecule has 1 aromatic carbocycles. The second-order valence-electron chi connectivity index (χ2n) is 4.18. The van der Waals surface area contributed by atoms with Crippen molar-refractivity contribution in [3.63, 3.8) is 0 Å². The van der Waals surface area contributed by atoms with Crippen LogP contribution in [-0.4, -0.2) is 10.5 Å². The van der Waals surface area contributed by atoms with Crippen molar-refractivity contribution in [3.05, 3.63) is 48.2 Å². The van der Waals surface area contributed by atoms with E-state index in [0.29, 0.717) is 11.3 Å². The van der Waals surface area contributed by atoms with Gasteiger partial charge in [0, 0.05) is 24.7 Å². The highest BCUT2D eigenvalue weighted by Gasteiger charge is 2.15. The molecule has 0 aliphatic carbocycles. The standard InChI is InChI=1S/C14H12N2O2/c1-16-10-7-12(9-5-3-2-4-6-9)18-13(10)8-11(16)14(15)17/h2-8H,1H3,(H2,15,17). The van der Waals surface area contributed by atoms with Gasteiger partial charge in [-0.15, -0.1) is 0 Å². The van der Waals surface area contributed by atoms with Crippen LogP contribution >= 0.6 is 0 Å². The van der Waals surface area contributed by atoms with Gasteiger partial charge < -0.3 is 14.7 Å². The fraction of sp³-hybridized carbons (Fsp3) is 0.0714. The Labute approximate surface area is 104 Å². The summed E-state index contributed by atoms with van der Waals surface area (Å²) < 4.78 is 7.48. The monoisotopic (exact) mass is 240 g/mol. The zero-order valence-electron chi connectivity index (χ0n) is 9.88. The predicted molar refractivity (Wildman–Crippen MR) is 69.1 cm³/mol. The van der Waals surface area contributed by atoms with E-state index >= 15 is 0 Å². The molecule has 0 radical (unpaired) electrons. The molecular weight excluding hydrogens is 228 g/mol. The third-order valence-electron chi connectivity index (χ3n) is 3.04. The summed E-state index contributed by atoms with van der Waals surface area (Å²) in [6.45, 7) is 0. The zero-order valence-corrected chi connectivity index (χ0v) is 9.88. The first-order valence-corrected chi connectivity index (χ1v) is 5.61. The number of nitrogens with two attached hydrogens (primary N) is 1. The lowest BCUT2D eigenvalue weighted by Gasteiger charge is -1.98. The van der Waals surface area contributed by atoms with Gasteiger partial charge in [0.15, 0.2) is 5.58 Å². The summed E-state index contributed by atoms with van der Waals surface area (Å²) >= 11 is 0. The SMILES string of the molecule is Cn1c(C(N)=O)cc2oc(-c3ccccc3)cc21. The first-order valence-electron chi connectivity index (χ1n) is 5.61. The van der Waals surface area contributed by atoms with Crippen LogP contribution < -0.4 is 5.73 Å². The van der Waals surface area contributed by atoms with Crippen molar-refractivity contribution < 1.29 is 9.21 Å². The van der Waals surface area contributed by atoms with Crippen molar-refractivity contribution in [2.45, 2.75) is 0 Å². The fourth-order valence-corrected chi connectivity index (χ4v) is 2.09. The van der Waals surface area contributed by atoms with Crippen LogP contribution in [0.2, 0.25) is 0 Å². The molecule has 0 unspecified atom stereocenters. The van der Waals surface area contributed by atoms with Crippen LogP contribution in [0.15, 0.2) is 46.9 Å². The Hall–Kier alpha value is -2.49. The number of benzene rings is 1. The van der Waals surface area contributed by atoms with Gasteiger partial charge >= 0.3 is 0 Å². The van der Waals surface area contributed by atoms with Crippen molar-refractivity contribution in [1.29, 1.82) is 0 Å². The molecule has 4 heteroatoms. The molecule has 0 aliphatic rings. The Morgan fingerprint density at radius 2 is 1.94 bits per heavy atom. The van der Waals surface area contributed by atoms with Gasteiger partial charge in [0.05, 0.1) is 5.52 Å². The number of hydrogen-bond acceptors (Lipinski definition) is 2. The van der Waals surface area contributed by atoms with Crippen LogP contribution in [0.5, 0.6) is 0 Å². The molecule has 1 amide bonds. The van der Waals surface area contributed by atoms with Crippen LogP contribution in [0.25, 0.3) is 22.4 Å². The highest BCUT2D eigenvalue weighted by atomic mass is 16.3.